The summed E-state index contributed by atoms with van der Waals surface area (Å²) in [6.07, 6.45) is 2.53. The zero-order valence-corrected chi connectivity index (χ0v) is 13.7. The van der Waals surface area contributed by atoms with Crippen molar-refractivity contribution >= 4 is 17.7 Å². The summed E-state index contributed by atoms with van der Waals surface area (Å²) in [5.41, 5.74) is 0.0952. The average molecular weight is 334 g/mol. The molecule has 0 fully saturated rings. The van der Waals surface area contributed by atoms with Crippen LogP contribution in [0.5, 0.6) is 0 Å². The van der Waals surface area contributed by atoms with Crippen molar-refractivity contribution in [2.24, 2.45) is 0 Å². The Labute approximate surface area is 138 Å². The van der Waals surface area contributed by atoms with Gasteiger partial charge in [-0.05, 0) is 45.0 Å². The zero-order valence-electron chi connectivity index (χ0n) is 13.7. The molecule has 0 unspecified atom stereocenters. The van der Waals surface area contributed by atoms with E-state index in [2.05, 4.69) is 15.7 Å². The molecule has 2 N–H and O–H groups in total. The minimum Gasteiger partial charge on any atom is -0.444 e. The molecule has 2 rings (SSSR count). The Morgan fingerprint density at radius 1 is 1.33 bits per heavy atom. The van der Waals surface area contributed by atoms with Crippen LogP contribution < -0.4 is 10.6 Å². The van der Waals surface area contributed by atoms with E-state index in [1.807, 2.05) is 0 Å². The van der Waals surface area contributed by atoms with Crippen molar-refractivity contribution in [3.8, 4) is 5.69 Å². The molecule has 7 nitrogen and oxygen atoms in total. The van der Waals surface area contributed by atoms with Crippen LogP contribution in [0, 0.1) is 5.82 Å². The fourth-order valence-electron chi connectivity index (χ4n) is 1.88. The Morgan fingerprint density at radius 2 is 2.08 bits per heavy atom. The minimum atomic E-state index is -0.704. The predicted molar refractivity (Wildman–Crippen MR) is 86.4 cm³/mol. The van der Waals surface area contributed by atoms with Crippen LogP contribution in [0.15, 0.2) is 36.7 Å². The SMILES string of the molecule is CC(C)(C)OC(=O)NCC(=O)Nc1cc(F)ccc1-n1cccn1. The van der Waals surface area contributed by atoms with Crippen molar-refractivity contribution in [1.29, 1.82) is 0 Å². The van der Waals surface area contributed by atoms with Gasteiger partial charge in [-0.2, -0.15) is 5.10 Å². The molecule has 1 heterocycles. The lowest BCUT2D eigenvalue weighted by Gasteiger charge is -2.19. The second-order valence-corrected chi connectivity index (χ2v) is 6.02. The van der Waals surface area contributed by atoms with E-state index in [1.54, 1.807) is 39.2 Å². The van der Waals surface area contributed by atoms with Crippen molar-refractivity contribution in [3.63, 3.8) is 0 Å². The number of ether oxygens (including phenoxy) is 1. The van der Waals surface area contributed by atoms with Crippen molar-refractivity contribution in [2.45, 2.75) is 26.4 Å². The van der Waals surface area contributed by atoms with Gasteiger partial charge in [-0.1, -0.05) is 0 Å². The van der Waals surface area contributed by atoms with Crippen LogP contribution in [0.2, 0.25) is 0 Å². The van der Waals surface area contributed by atoms with Gasteiger partial charge in [0.1, 0.15) is 18.0 Å². The summed E-state index contributed by atoms with van der Waals surface area (Å²) < 4.78 is 20.0. The molecule has 0 radical (unpaired) electrons. The molecule has 8 heteroatoms. The van der Waals surface area contributed by atoms with E-state index in [4.69, 9.17) is 4.74 Å². The summed E-state index contributed by atoms with van der Waals surface area (Å²) in [6, 6.07) is 5.66. The van der Waals surface area contributed by atoms with Crippen LogP contribution in [-0.4, -0.2) is 33.9 Å². The fraction of sp³-hybridized carbons (Fsp3) is 0.312. The number of aromatic nitrogens is 2. The third kappa shape index (κ3) is 5.08. The quantitative estimate of drug-likeness (QED) is 0.899. The first-order valence-electron chi connectivity index (χ1n) is 7.31. The molecule has 0 atom stereocenters. The van der Waals surface area contributed by atoms with Crippen molar-refractivity contribution in [3.05, 3.63) is 42.5 Å². The van der Waals surface area contributed by atoms with E-state index in [0.29, 0.717) is 5.69 Å². The molecule has 0 bridgehead atoms. The van der Waals surface area contributed by atoms with E-state index in [-0.39, 0.29) is 12.2 Å². The topological polar surface area (TPSA) is 85.2 Å². The summed E-state index contributed by atoms with van der Waals surface area (Å²) in [4.78, 5) is 23.5. The number of halogens is 1. The number of carbonyl (C=O) groups excluding carboxylic acids is 2. The van der Waals surface area contributed by atoms with Crippen LogP contribution in [0.4, 0.5) is 14.9 Å². The van der Waals surface area contributed by atoms with Gasteiger partial charge in [0.2, 0.25) is 5.91 Å². The maximum absolute atomic E-state index is 13.5. The number of alkyl carbamates (subject to hydrolysis) is 1. The van der Waals surface area contributed by atoms with Crippen molar-refractivity contribution in [2.75, 3.05) is 11.9 Å². The molecule has 1 aromatic carbocycles. The highest BCUT2D eigenvalue weighted by Gasteiger charge is 2.17. The highest BCUT2D eigenvalue weighted by Crippen LogP contribution is 2.20. The number of nitrogens with zero attached hydrogens (tertiary/aromatic N) is 2. The van der Waals surface area contributed by atoms with Crippen LogP contribution in [0.1, 0.15) is 20.8 Å². The molecule has 1 aromatic heterocycles. The summed E-state index contributed by atoms with van der Waals surface area (Å²) in [5, 5.41) is 8.94. The third-order valence-electron chi connectivity index (χ3n) is 2.78. The third-order valence-corrected chi connectivity index (χ3v) is 2.78. The molecule has 0 spiro atoms. The lowest BCUT2D eigenvalue weighted by atomic mass is 10.2. The van der Waals surface area contributed by atoms with Crippen LogP contribution >= 0.6 is 0 Å². The van der Waals surface area contributed by atoms with Crippen molar-refractivity contribution in [1.82, 2.24) is 15.1 Å². The van der Waals surface area contributed by atoms with E-state index in [0.717, 1.165) is 0 Å². The molecule has 0 aliphatic carbocycles. The summed E-state index contributed by atoms with van der Waals surface area (Å²) in [6.45, 7) is 4.85. The van der Waals surface area contributed by atoms with Gasteiger partial charge in [0.15, 0.2) is 0 Å². The number of hydrogen-bond acceptors (Lipinski definition) is 4. The lowest BCUT2D eigenvalue weighted by molar-refractivity contribution is -0.115. The zero-order chi connectivity index (χ0) is 17.7. The van der Waals surface area contributed by atoms with Gasteiger partial charge in [0, 0.05) is 12.4 Å². The summed E-state index contributed by atoms with van der Waals surface area (Å²) >= 11 is 0. The number of hydrogen-bond donors (Lipinski definition) is 2. The number of carbonyl (C=O) groups is 2. The Bertz CT molecular complexity index is 723. The van der Waals surface area contributed by atoms with Crippen LogP contribution in [-0.2, 0) is 9.53 Å². The molecule has 0 aliphatic rings. The Kier molecular flexibility index (Phi) is 5.18. The Balaban J connectivity index is 2.02. The maximum atomic E-state index is 13.5. The first-order valence-corrected chi connectivity index (χ1v) is 7.31. The number of anilines is 1. The first-order chi connectivity index (χ1) is 11.2. The number of nitrogens with one attached hydrogen (secondary N) is 2. The molecular formula is C16H19FN4O3. The van der Waals surface area contributed by atoms with Gasteiger partial charge in [0.25, 0.3) is 0 Å². The standard InChI is InChI=1S/C16H19FN4O3/c1-16(2,3)24-15(23)18-10-14(22)20-12-9-11(17)5-6-13(12)21-8-4-7-19-21/h4-9H,10H2,1-3H3,(H,18,23)(H,20,22). The largest absolute Gasteiger partial charge is 0.444 e. The van der Waals surface area contributed by atoms with Crippen LogP contribution in [0.3, 0.4) is 0 Å². The fourth-order valence-corrected chi connectivity index (χ4v) is 1.88. The summed E-state index contributed by atoms with van der Waals surface area (Å²) in [5.74, 6) is -1.01. The first kappa shape index (κ1) is 17.5. The van der Waals surface area contributed by atoms with Gasteiger partial charge in [-0.15, -0.1) is 0 Å². The minimum absolute atomic E-state index is 0.245. The molecule has 128 valence electrons. The summed E-state index contributed by atoms with van der Waals surface area (Å²) in [7, 11) is 0. The highest BCUT2D eigenvalue weighted by molar-refractivity contribution is 5.95. The van der Waals surface area contributed by atoms with Gasteiger partial charge >= 0.3 is 6.09 Å². The molecule has 0 aliphatic heterocycles. The number of amides is 2. The van der Waals surface area contributed by atoms with Gasteiger partial charge in [0.05, 0.1) is 11.4 Å². The maximum Gasteiger partial charge on any atom is 0.408 e. The second-order valence-electron chi connectivity index (χ2n) is 6.02. The van der Waals surface area contributed by atoms with E-state index >= 15 is 0 Å². The molecule has 24 heavy (non-hydrogen) atoms. The smallest absolute Gasteiger partial charge is 0.408 e. The molecule has 0 saturated carbocycles. The number of rotatable bonds is 4. The lowest BCUT2D eigenvalue weighted by Crippen LogP contribution is -2.37. The number of benzene rings is 1. The van der Waals surface area contributed by atoms with E-state index in [1.165, 1.54) is 22.9 Å². The Morgan fingerprint density at radius 3 is 2.71 bits per heavy atom. The van der Waals surface area contributed by atoms with Crippen LogP contribution in [0.25, 0.3) is 5.69 Å². The monoisotopic (exact) mass is 334 g/mol. The van der Waals surface area contributed by atoms with Crippen molar-refractivity contribution < 1.29 is 18.7 Å². The van der Waals surface area contributed by atoms with E-state index < -0.39 is 23.4 Å². The second kappa shape index (κ2) is 7.12. The van der Waals surface area contributed by atoms with E-state index in [9.17, 15) is 14.0 Å². The normalized spacial score (nSPS) is 11.0. The highest BCUT2D eigenvalue weighted by atomic mass is 19.1. The molecule has 2 amide bonds. The van der Waals surface area contributed by atoms with Gasteiger partial charge < -0.3 is 15.4 Å². The average Bonchev–Trinajstić information content (AvgIpc) is 2.97. The Hall–Kier alpha value is -2.90. The molecule has 2 aromatic rings. The molecular weight excluding hydrogens is 315 g/mol. The molecule has 0 saturated heterocycles. The van der Waals surface area contributed by atoms with Gasteiger partial charge in [-0.3, -0.25) is 4.79 Å². The predicted octanol–water partition coefficient (Wildman–Crippen LogP) is 2.47. The van der Waals surface area contributed by atoms with Gasteiger partial charge in [-0.25, -0.2) is 13.9 Å².